The van der Waals surface area contributed by atoms with Gasteiger partial charge in [-0.2, -0.15) is 0 Å². The molecule has 1 aromatic carbocycles. The van der Waals surface area contributed by atoms with E-state index in [0.29, 0.717) is 5.56 Å². The van der Waals surface area contributed by atoms with E-state index in [1.54, 1.807) is 19.1 Å². The first kappa shape index (κ1) is 13.9. The molecule has 1 unspecified atom stereocenters. The van der Waals surface area contributed by atoms with E-state index in [9.17, 15) is 9.18 Å². The molecule has 1 aliphatic rings. The third kappa shape index (κ3) is 3.17. The molecule has 1 atom stereocenters. The largest absolute Gasteiger partial charge is 0.348 e. The molecule has 0 spiro atoms. The maximum absolute atomic E-state index is 13.6. The highest BCUT2D eigenvalue weighted by atomic mass is 35.5. The first-order chi connectivity index (χ1) is 7.68. The molecule has 94 valence electrons. The lowest BCUT2D eigenvalue weighted by molar-refractivity contribution is 0.0936. The zero-order valence-corrected chi connectivity index (χ0v) is 10.4. The van der Waals surface area contributed by atoms with Crippen molar-refractivity contribution in [2.75, 3.05) is 13.1 Å². The SMILES string of the molecule is Cc1cccc(C(=O)NC2CCNC2)c1F.Cl. The van der Waals surface area contributed by atoms with E-state index in [2.05, 4.69) is 10.6 Å². The van der Waals surface area contributed by atoms with Gasteiger partial charge in [-0.05, 0) is 31.5 Å². The first-order valence-corrected chi connectivity index (χ1v) is 5.45. The Bertz CT molecular complexity index is 405. The molecular formula is C12H16ClFN2O. The zero-order chi connectivity index (χ0) is 11.5. The van der Waals surface area contributed by atoms with E-state index in [-0.39, 0.29) is 29.9 Å². The van der Waals surface area contributed by atoms with Crippen molar-refractivity contribution in [3.8, 4) is 0 Å². The lowest BCUT2D eigenvalue weighted by Gasteiger charge is -2.12. The summed E-state index contributed by atoms with van der Waals surface area (Å²) >= 11 is 0. The number of hydrogen-bond donors (Lipinski definition) is 2. The van der Waals surface area contributed by atoms with Gasteiger partial charge in [0.05, 0.1) is 5.56 Å². The first-order valence-electron chi connectivity index (χ1n) is 5.45. The number of amides is 1. The Balaban J connectivity index is 0.00000144. The lowest BCUT2D eigenvalue weighted by atomic mass is 10.1. The number of rotatable bonds is 2. The molecule has 1 fully saturated rings. The third-order valence-electron chi connectivity index (χ3n) is 2.83. The van der Waals surface area contributed by atoms with Crippen LogP contribution in [0.5, 0.6) is 0 Å². The highest BCUT2D eigenvalue weighted by Crippen LogP contribution is 2.12. The van der Waals surface area contributed by atoms with Crippen LogP contribution in [-0.2, 0) is 0 Å². The van der Waals surface area contributed by atoms with Crippen LogP contribution in [-0.4, -0.2) is 25.0 Å². The summed E-state index contributed by atoms with van der Waals surface area (Å²) in [6.45, 7) is 3.32. The van der Waals surface area contributed by atoms with Crippen LogP contribution in [0.3, 0.4) is 0 Å². The molecule has 17 heavy (non-hydrogen) atoms. The Morgan fingerprint density at radius 3 is 2.94 bits per heavy atom. The summed E-state index contributed by atoms with van der Waals surface area (Å²) in [4.78, 5) is 11.8. The van der Waals surface area contributed by atoms with Crippen molar-refractivity contribution < 1.29 is 9.18 Å². The van der Waals surface area contributed by atoms with Gasteiger partial charge in [-0.3, -0.25) is 4.79 Å². The van der Waals surface area contributed by atoms with Crippen molar-refractivity contribution in [3.63, 3.8) is 0 Å². The second-order valence-corrected chi connectivity index (χ2v) is 4.10. The van der Waals surface area contributed by atoms with E-state index in [1.165, 1.54) is 6.07 Å². The van der Waals surface area contributed by atoms with Gasteiger partial charge >= 0.3 is 0 Å². The van der Waals surface area contributed by atoms with Gasteiger partial charge in [-0.25, -0.2) is 4.39 Å². The zero-order valence-electron chi connectivity index (χ0n) is 9.63. The molecule has 5 heteroatoms. The summed E-state index contributed by atoms with van der Waals surface area (Å²) in [5, 5.41) is 5.97. The van der Waals surface area contributed by atoms with E-state index in [0.717, 1.165) is 19.5 Å². The number of carbonyl (C=O) groups is 1. The van der Waals surface area contributed by atoms with Gasteiger partial charge in [-0.1, -0.05) is 12.1 Å². The van der Waals surface area contributed by atoms with Crippen LogP contribution < -0.4 is 10.6 Å². The fourth-order valence-electron chi connectivity index (χ4n) is 1.86. The normalized spacial score (nSPS) is 18.6. The van der Waals surface area contributed by atoms with Gasteiger partial charge < -0.3 is 10.6 Å². The topological polar surface area (TPSA) is 41.1 Å². The van der Waals surface area contributed by atoms with Crippen LogP contribution in [0.2, 0.25) is 0 Å². The van der Waals surface area contributed by atoms with Crippen LogP contribution in [0.15, 0.2) is 18.2 Å². The van der Waals surface area contributed by atoms with Crippen LogP contribution in [0, 0.1) is 12.7 Å². The average Bonchev–Trinajstić information content (AvgIpc) is 2.74. The Morgan fingerprint density at radius 2 is 2.29 bits per heavy atom. The van der Waals surface area contributed by atoms with Gasteiger partial charge in [0.15, 0.2) is 0 Å². The Labute approximate surface area is 106 Å². The summed E-state index contributed by atoms with van der Waals surface area (Å²) in [6, 6.07) is 4.98. The summed E-state index contributed by atoms with van der Waals surface area (Å²) in [5.74, 6) is -0.749. The van der Waals surface area contributed by atoms with Crippen molar-refractivity contribution in [2.45, 2.75) is 19.4 Å². The molecule has 1 heterocycles. The average molecular weight is 259 g/mol. The van der Waals surface area contributed by atoms with Gasteiger partial charge in [0, 0.05) is 12.6 Å². The highest BCUT2D eigenvalue weighted by molar-refractivity contribution is 5.94. The van der Waals surface area contributed by atoms with E-state index < -0.39 is 5.82 Å². The third-order valence-corrected chi connectivity index (χ3v) is 2.83. The summed E-state index contributed by atoms with van der Waals surface area (Å²) in [6.07, 6.45) is 0.902. The van der Waals surface area contributed by atoms with Gasteiger partial charge in [0.2, 0.25) is 0 Å². The number of carbonyl (C=O) groups excluding carboxylic acids is 1. The molecule has 1 amide bonds. The minimum atomic E-state index is -0.425. The summed E-state index contributed by atoms with van der Waals surface area (Å²) in [7, 11) is 0. The molecule has 0 saturated carbocycles. The Kier molecular flexibility index (Phi) is 4.90. The predicted octanol–water partition coefficient (Wildman–Crippen LogP) is 1.65. The van der Waals surface area contributed by atoms with Crippen molar-refractivity contribution in [3.05, 3.63) is 35.1 Å². The highest BCUT2D eigenvalue weighted by Gasteiger charge is 2.19. The van der Waals surface area contributed by atoms with E-state index >= 15 is 0 Å². The molecule has 0 bridgehead atoms. The standard InChI is InChI=1S/C12H15FN2O.ClH/c1-8-3-2-4-10(11(8)13)12(16)15-9-5-6-14-7-9;/h2-4,9,14H,5-7H2,1H3,(H,15,16);1H. The minimum Gasteiger partial charge on any atom is -0.348 e. The summed E-state index contributed by atoms with van der Waals surface area (Å²) in [5.41, 5.74) is 0.629. The van der Waals surface area contributed by atoms with Crippen molar-refractivity contribution >= 4 is 18.3 Å². The van der Waals surface area contributed by atoms with Gasteiger partial charge in [-0.15, -0.1) is 12.4 Å². The predicted molar refractivity (Wildman–Crippen MR) is 67.1 cm³/mol. The second kappa shape index (κ2) is 5.98. The molecule has 1 aromatic rings. The molecule has 2 N–H and O–H groups in total. The van der Waals surface area contributed by atoms with Gasteiger partial charge in [0.1, 0.15) is 5.82 Å². The molecular weight excluding hydrogens is 243 g/mol. The monoisotopic (exact) mass is 258 g/mol. The molecule has 0 aromatic heterocycles. The number of aryl methyl sites for hydroxylation is 1. The fraction of sp³-hybridized carbons (Fsp3) is 0.417. The van der Waals surface area contributed by atoms with Crippen molar-refractivity contribution in [2.24, 2.45) is 0 Å². The number of hydrogen-bond acceptors (Lipinski definition) is 2. The number of halogens is 2. The van der Waals surface area contributed by atoms with Crippen LogP contribution in [0.25, 0.3) is 0 Å². The van der Waals surface area contributed by atoms with E-state index in [4.69, 9.17) is 0 Å². The van der Waals surface area contributed by atoms with Crippen molar-refractivity contribution in [1.29, 1.82) is 0 Å². The minimum absolute atomic E-state index is 0. The van der Waals surface area contributed by atoms with Crippen molar-refractivity contribution in [1.82, 2.24) is 10.6 Å². The molecule has 1 saturated heterocycles. The Morgan fingerprint density at radius 1 is 1.53 bits per heavy atom. The number of benzene rings is 1. The molecule has 2 rings (SSSR count). The van der Waals surface area contributed by atoms with Crippen LogP contribution in [0.4, 0.5) is 4.39 Å². The maximum atomic E-state index is 13.6. The fourth-order valence-corrected chi connectivity index (χ4v) is 1.86. The molecule has 3 nitrogen and oxygen atoms in total. The van der Waals surface area contributed by atoms with Crippen LogP contribution in [0.1, 0.15) is 22.3 Å². The molecule has 1 aliphatic heterocycles. The van der Waals surface area contributed by atoms with E-state index in [1.807, 2.05) is 0 Å². The lowest BCUT2D eigenvalue weighted by Crippen LogP contribution is -2.36. The molecule has 0 aliphatic carbocycles. The quantitative estimate of drug-likeness (QED) is 0.847. The Hall–Kier alpha value is -1.13. The maximum Gasteiger partial charge on any atom is 0.254 e. The summed E-state index contributed by atoms with van der Waals surface area (Å²) < 4.78 is 13.6. The van der Waals surface area contributed by atoms with Crippen LogP contribution >= 0.6 is 12.4 Å². The smallest absolute Gasteiger partial charge is 0.254 e. The molecule has 0 radical (unpaired) electrons. The number of nitrogens with one attached hydrogen (secondary N) is 2. The second-order valence-electron chi connectivity index (χ2n) is 4.10. The van der Waals surface area contributed by atoms with Gasteiger partial charge in [0.25, 0.3) is 5.91 Å².